The topological polar surface area (TPSA) is 0 Å². The second-order valence-corrected chi connectivity index (χ2v) is 8.04. The second kappa shape index (κ2) is 7.44. The first kappa shape index (κ1) is 11.1. The molecule has 1 heterocycles. The van der Waals surface area contributed by atoms with Gasteiger partial charge in [-0.1, -0.05) is 0 Å². The fraction of sp³-hybridized carbons (Fsp3) is 0.667. The third-order valence-electron chi connectivity index (χ3n) is 2.44. The van der Waals surface area contributed by atoms with Crippen LogP contribution in [-0.2, 0) is 0 Å². The summed E-state index contributed by atoms with van der Waals surface area (Å²) in [6.07, 6.45) is 13.1. The molecule has 0 bridgehead atoms. The van der Waals surface area contributed by atoms with E-state index in [0.717, 1.165) is 0 Å². The molecule has 1 aliphatic heterocycles. The van der Waals surface area contributed by atoms with Crippen molar-refractivity contribution >= 4 is 14.7 Å². The number of hydrogen-bond acceptors (Lipinski definition) is 0. The van der Waals surface area contributed by atoms with Gasteiger partial charge in [0.05, 0.1) is 0 Å². The first-order chi connectivity index (χ1) is 6.43. The van der Waals surface area contributed by atoms with Crippen LogP contribution >= 0.6 is 0 Å². The van der Waals surface area contributed by atoms with Gasteiger partial charge in [0, 0.05) is 0 Å². The molecule has 0 aromatic heterocycles. The Hall–Kier alpha value is 0.0384. The molecule has 0 spiro atoms. The van der Waals surface area contributed by atoms with Crippen LogP contribution < -0.4 is 0 Å². The second-order valence-electron chi connectivity index (χ2n) is 3.69. The van der Waals surface area contributed by atoms with E-state index in [4.69, 9.17) is 0 Å². The number of hydrogen-bond donors (Lipinski definition) is 0. The Morgan fingerprint density at radius 1 is 0.846 bits per heavy atom. The normalized spacial score (nSPS) is 15.8. The van der Waals surface area contributed by atoms with Crippen LogP contribution in [0.15, 0.2) is 21.9 Å². The Bertz CT molecular complexity index is 158. The quantitative estimate of drug-likeness (QED) is 0.465. The van der Waals surface area contributed by atoms with E-state index in [1.165, 1.54) is 43.7 Å². The van der Waals surface area contributed by atoms with E-state index >= 15 is 0 Å². The summed E-state index contributed by atoms with van der Waals surface area (Å²) in [7, 11) is 0. The first-order valence-electron chi connectivity index (χ1n) is 5.54. The summed E-state index contributed by atoms with van der Waals surface area (Å²) in [4.78, 5) is 4.91. The van der Waals surface area contributed by atoms with Crippen molar-refractivity contribution in [3.63, 3.8) is 0 Å². The van der Waals surface area contributed by atoms with Crippen molar-refractivity contribution in [3.8, 4) is 0 Å². The summed E-state index contributed by atoms with van der Waals surface area (Å²) in [5.41, 5.74) is 0. The summed E-state index contributed by atoms with van der Waals surface area (Å²) in [5.74, 6) is 0. The van der Waals surface area contributed by atoms with Crippen LogP contribution in [-0.4, -0.2) is 14.7 Å². The molecule has 1 rings (SSSR count). The summed E-state index contributed by atoms with van der Waals surface area (Å²) < 4.78 is 0. The Morgan fingerprint density at radius 3 is 2.15 bits per heavy atom. The van der Waals surface area contributed by atoms with E-state index in [9.17, 15) is 0 Å². The minimum absolute atomic E-state index is 0.564. The van der Waals surface area contributed by atoms with Crippen molar-refractivity contribution in [1.82, 2.24) is 0 Å². The van der Waals surface area contributed by atoms with Crippen LogP contribution in [0.4, 0.5) is 0 Å². The van der Waals surface area contributed by atoms with Gasteiger partial charge in [0.25, 0.3) is 0 Å². The molecule has 1 heteroatoms. The molecule has 0 fully saturated rings. The number of rotatable bonds is 7. The van der Waals surface area contributed by atoms with Crippen molar-refractivity contribution in [1.29, 1.82) is 0 Å². The van der Waals surface area contributed by atoms with Gasteiger partial charge in [-0.05, 0) is 0 Å². The zero-order valence-corrected chi connectivity index (χ0v) is 10.6. The van der Waals surface area contributed by atoms with Crippen LogP contribution in [0.2, 0.25) is 5.21 Å². The summed E-state index contributed by atoms with van der Waals surface area (Å²) in [5, 5.41) is 1.51. The fourth-order valence-electron chi connectivity index (χ4n) is 1.59. The molecule has 0 atom stereocenters. The molecule has 0 aromatic carbocycles. The number of unbranched alkanes of at least 4 members (excludes halogenated alkanes) is 5. The van der Waals surface area contributed by atoms with Gasteiger partial charge in [-0.25, -0.2) is 0 Å². The van der Waals surface area contributed by atoms with Crippen LogP contribution in [0.5, 0.6) is 0 Å². The molecule has 0 radical (unpaired) electrons. The van der Waals surface area contributed by atoms with E-state index in [1.807, 2.05) is 0 Å². The van der Waals surface area contributed by atoms with Crippen LogP contribution in [0.25, 0.3) is 0 Å². The van der Waals surface area contributed by atoms with Crippen molar-refractivity contribution in [2.24, 2.45) is 0 Å². The van der Waals surface area contributed by atoms with Crippen molar-refractivity contribution in [3.05, 3.63) is 21.9 Å². The average Bonchev–Trinajstić information content (AvgIpc) is 2.63. The SMILES string of the molecule is CCCCCCCC[As]1C=CC=C1. The third kappa shape index (κ3) is 5.36. The Balaban J connectivity index is 1.84. The Morgan fingerprint density at radius 2 is 1.46 bits per heavy atom. The summed E-state index contributed by atoms with van der Waals surface area (Å²) in [6.45, 7) is 2.28. The van der Waals surface area contributed by atoms with Crippen molar-refractivity contribution in [2.45, 2.75) is 50.7 Å². The predicted molar refractivity (Wildman–Crippen MR) is 62.2 cm³/mol. The van der Waals surface area contributed by atoms with Crippen LogP contribution in [0.3, 0.4) is 0 Å². The third-order valence-corrected chi connectivity index (χ3v) is 6.51. The molecule has 13 heavy (non-hydrogen) atoms. The van der Waals surface area contributed by atoms with Crippen molar-refractivity contribution < 1.29 is 0 Å². The molecule has 0 nitrogen and oxygen atoms in total. The summed E-state index contributed by atoms with van der Waals surface area (Å²) in [6, 6.07) is 0. The standard InChI is InChI=1S/C12H21As/c1-2-3-4-5-6-7-10-13-11-8-9-12-13/h8-9,11-12H,2-7,10H2,1H3. The number of allylic oxidation sites excluding steroid dienone is 2. The molecular weight excluding hydrogens is 219 g/mol. The molecule has 74 valence electrons. The van der Waals surface area contributed by atoms with Gasteiger partial charge in [0.2, 0.25) is 0 Å². The first-order valence-corrected chi connectivity index (χ1v) is 9.03. The predicted octanol–water partition coefficient (Wildman–Crippen LogP) is 4.05. The maximum absolute atomic E-state index is 2.46. The van der Waals surface area contributed by atoms with E-state index in [0.29, 0.717) is 0 Å². The monoisotopic (exact) mass is 240 g/mol. The van der Waals surface area contributed by atoms with Gasteiger partial charge in [0.1, 0.15) is 0 Å². The Labute approximate surface area is 87.4 Å². The Kier molecular flexibility index (Phi) is 6.36. The zero-order chi connectivity index (χ0) is 9.36. The maximum atomic E-state index is 2.46. The zero-order valence-electron chi connectivity index (χ0n) is 8.71. The van der Waals surface area contributed by atoms with E-state index in [-0.39, 0.29) is 0 Å². The minimum atomic E-state index is -0.564. The van der Waals surface area contributed by atoms with Crippen LogP contribution in [0, 0.1) is 0 Å². The summed E-state index contributed by atoms with van der Waals surface area (Å²) >= 11 is -0.564. The molecule has 0 aliphatic carbocycles. The van der Waals surface area contributed by atoms with Gasteiger partial charge in [-0.3, -0.25) is 0 Å². The van der Waals surface area contributed by atoms with Gasteiger partial charge in [-0.2, -0.15) is 0 Å². The van der Waals surface area contributed by atoms with Gasteiger partial charge in [-0.15, -0.1) is 0 Å². The van der Waals surface area contributed by atoms with Gasteiger partial charge >= 0.3 is 87.2 Å². The average molecular weight is 240 g/mol. The molecule has 0 amide bonds. The molecule has 1 aliphatic rings. The molecule has 0 aromatic rings. The molecule has 0 N–H and O–H groups in total. The van der Waals surface area contributed by atoms with Crippen LogP contribution in [0.1, 0.15) is 45.4 Å². The molecule has 0 saturated heterocycles. The van der Waals surface area contributed by atoms with E-state index in [1.54, 1.807) is 0 Å². The van der Waals surface area contributed by atoms with Gasteiger partial charge in [0.15, 0.2) is 0 Å². The molecule has 0 saturated carbocycles. The molecule has 0 unspecified atom stereocenters. The van der Waals surface area contributed by atoms with E-state index in [2.05, 4.69) is 28.8 Å². The fourth-order valence-corrected chi connectivity index (χ4v) is 5.01. The van der Waals surface area contributed by atoms with Crippen molar-refractivity contribution in [2.75, 3.05) is 0 Å². The van der Waals surface area contributed by atoms with Gasteiger partial charge < -0.3 is 0 Å². The molecular formula is C12H21As. The van der Waals surface area contributed by atoms with E-state index < -0.39 is 14.7 Å².